The number of ether oxygens (including phenoxy) is 2. The van der Waals surface area contributed by atoms with Crippen LogP contribution in [0.4, 0.5) is 0 Å². The number of aliphatic hydroxyl groups excluding tert-OH is 1. The summed E-state index contributed by atoms with van der Waals surface area (Å²) < 4.78 is 11.2. The minimum Gasteiger partial charge on any atom is -0.497 e. The van der Waals surface area contributed by atoms with E-state index in [1.54, 1.807) is 7.11 Å². The summed E-state index contributed by atoms with van der Waals surface area (Å²) in [5.74, 6) is 2.23. The van der Waals surface area contributed by atoms with Gasteiger partial charge in [0.1, 0.15) is 11.5 Å². The minimum absolute atomic E-state index is 0.284. The van der Waals surface area contributed by atoms with Crippen molar-refractivity contribution >= 4 is 0 Å². The summed E-state index contributed by atoms with van der Waals surface area (Å²) in [7, 11) is 1.69. The first-order chi connectivity index (χ1) is 10.3. The molecule has 3 atom stereocenters. The Kier molecular flexibility index (Phi) is 4.66. The standard InChI is InChI=1S/C17H25NO3/c1-20-13-7-8-17-14(10-13)16(6-3-9-21-17)18-15-5-2-4-12(15)11-19/h7-8,10,12,15-16,18-19H,2-6,9,11H2,1H3/t12-,15-,16-/m1/s1. The van der Waals surface area contributed by atoms with Gasteiger partial charge in [-0.2, -0.15) is 0 Å². The maximum Gasteiger partial charge on any atom is 0.124 e. The summed E-state index contributed by atoms with van der Waals surface area (Å²) in [6.07, 6.45) is 5.60. The smallest absolute Gasteiger partial charge is 0.124 e. The Hall–Kier alpha value is -1.26. The Morgan fingerprint density at radius 3 is 3.00 bits per heavy atom. The molecule has 116 valence electrons. The summed E-state index contributed by atoms with van der Waals surface area (Å²) >= 11 is 0. The fourth-order valence-corrected chi connectivity index (χ4v) is 3.59. The second kappa shape index (κ2) is 6.67. The number of rotatable bonds is 4. The quantitative estimate of drug-likeness (QED) is 0.895. The van der Waals surface area contributed by atoms with E-state index in [1.165, 1.54) is 12.0 Å². The molecule has 3 rings (SSSR count). The molecule has 1 aromatic rings. The van der Waals surface area contributed by atoms with Crippen molar-refractivity contribution in [2.45, 2.75) is 44.2 Å². The maximum atomic E-state index is 9.51. The Morgan fingerprint density at radius 1 is 1.29 bits per heavy atom. The van der Waals surface area contributed by atoms with Gasteiger partial charge in [0.05, 0.1) is 13.7 Å². The lowest BCUT2D eigenvalue weighted by Crippen LogP contribution is -2.36. The fourth-order valence-electron chi connectivity index (χ4n) is 3.59. The first-order valence-electron chi connectivity index (χ1n) is 7.99. The van der Waals surface area contributed by atoms with Gasteiger partial charge in [0, 0.05) is 24.3 Å². The van der Waals surface area contributed by atoms with Crippen molar-refractivity contribution < 1.29 is 14.6 Å². The van der Waals surface area contributed by atoms with Gasteiger partial charge in [-0.3, -0.25) is 0 Å². The van der Waals surface area contributed by atoms with Crippen molar-refractivity contribution in [3.63, 3.8) is 0 Å². The number of methoxy groups -OCH3 is 1. The van der Waals surface area contributed by atoms with Crippen LogP contribution in [0.25, 0.3) is 0 Å². The molecule has 0 amide bonds. The van der Waals surface area contributed by atoms with E-state index in [1.807, 2.05) is 12.1 Å². The molecule has 1 aliphatic carbocycles. The van der Waals surface area contributed by atoms with E-state index >= 15 is 0 Å². The van der Waals surface area contributed by atoms with E-state index < -0.39 is 0 Å². The molecule has 0 spiro atoms. The topological polar surface area (TPSA) is 50.7 Å². The highest BCUT2D eigenvalue weighted by molar-refractivity contribution is 5.42. The van der Waals surface area contributed by atoms with Crippen LogP contribution in [-0.2, 0) is 0 Å². The third-order valence-electron chi connectivity index (χ3n) is 4.80. The highest BCUT2D eigenvalue weighted by Gasteiger charge is 2.30. The van der Waals surface area contributed by atoms with Gasteiger partial charge in [-0.15, -0.1) is 0 Å². The summed E-state index contributed by atoms with van der Waals surface area (Å²) in [6.45, 7) is 1.05. The maximum absolute atomic E-state index is 9.51. The van der Waals surface area contributed by atoms with Crippen LogP contribution in [-0.4, -0.2) is 31.5 Å². The Bertz CT molecular complexity index is 477. The van der Waals surface area contributed by atoms with E-state index in [-0.39, 0.29) is 12.6 Å². The third-order valence-corrected chi connectivity index (χ3v) is 4.80. The molecule has 0 radical (unpaired) electrons. The van der Waals surface area contributed by atoms with E-state index in [0.717, 1.165) is 43.8 Å². The van der Waals surface area contributed by atoms with Crippen LogP contribution in [0.5, 0.6) is 11.5 Å². The Balaban J connectivity index is 1.82. The predicted molar refractivity (Wildman–Crippen MR) is 81.8 cm³/mol. The van der Waals surface area contributed by atoms with Crippen molar-refractivity contribution in [3.05, 3.63) is 23.8 Å². The molecular formula is C17H25NO3. The highest BCUT2D eigenvalue weighted by Crippen LogP contribution is 2.36. The van der Waals surface area contributed by atoms with Gasteiger partial charge in [-0.25, -0.2) is 0 Å². The van der Waals surface area contributed by atoms with Crippen LogP contribution in [0.15, 0.2) is 18.2 Å². The lowest BCUT2D eigenvalue weighted by Gasteiger charge is -2.26. The van der Waals surface area contributed by atoms with Gasteiger partial charge < -0.3 is 19.9 Å². The van der Waals surface area contributed by atoms with Gasteiger partial charge in [0.2, 0.25) is 0 Å². The predicted octanol–water partition coefficient (Wildman–Crippen LogP) is 2.66. The molecular weight excluding hydrogens is 266 g/mol. The lowest BCUT2D eigenvalue weighted by atomic mass is 9.97. The molecule has 2 aliphatic rings. The zero-order chi connectivity index (χ0) is 14.7. The van der Waals surface area contributed by atoms with Crippen LogP contribution < -0.4 is 14.8 Å². The zero-order valence-corrected chi connectivity index (χ0v) is 12.7. The van der Waals surface area contributed by atoms with Crippen molar-refractivity contribution in [3.8, 4) is 11.5 Å². The van der Waals surface area contributed by atoms with Crippen LogP contribution in [0, 0.1) is 5.92 Å². The van der Waals surface area contributed by atoms with E-state index in [2.05, 4.69) is 11.4 Å². The molecule has 0 saturated heterocycles. The number of aliphatic hydroxyl groups is 1. The second-order valence-electron chi connectivity index (χ2n) is 6.09. The Morgan fingerprint density at radius 2 is 2.19 bits per heavy atom. The van der Waals surface area contributed by atoms with Gasteiger partial charge in [-0.1, -0.05) is 6.42 Å². The average molecular weight is 291 g/mol. The molecule has 4 nitrogen and oxygen atoms in total. The van der Waals surface area contributed by atoms with Gasteiger partial charge in [0.15, 0.2) is 0 Å². The molecule has 1 aliphatic heterocycles. The van der Waals surface area contributed by atoms with E-state index in [4.69, 9.17) is 9.47 Å². The van der Waals surface area contributed by atoms with Crippen LogP contribution in [0.2, 0.25) is 0 Å². The van der Waals surface area contributed by atoms with Crippen LogP contribution >= 0.6 is 0 Å². The average Bonchev–Trinajstić information content (AvgIpc) is 2.87. The molecule has 0 aromatic heterocycles. The molecule has 0 unspecified atom stereocenters. The molecule has 1 aromatic carbocycles. The highest BCUT2D eigenvalue weighted by atomic mass is 16.5. The van der Waals surface area contributed by atoms with Crippen LogP contribution in [0.1, 0.15) is 43.7 Å². The van der Waals surface area contributed by atoms with E-state index in [0.29, 0.717) is 12.0 Å². The van der Waals surface area contributed by atoms with Crippen molar-refractivity contribution in [1.29, 1.82) is 0 Å². The second-order valence-corrected chi connectivity index (χ2v) is 6.09. The molecule has 21 heavy (non-hydrogen) atoms. The number of benzene rings is 1. The minimum atomic E-state index is 0.284. The summed E-state index contributed by atoms with van der Waals surface area (Å²) in [5.41, 5.74) is 1.19. The molecule has 4 heteroatoms. The largest absolute Gasteiger partial charge is 0.497 e. The van der Waals surface area contributed by atoms with Crippen molar-refractivity contribution in [2.24, 2.45) is 5.92 Å². The summed E-state index contributed by atoms with van der Waals surface area (Å²) in [6, 6.07) is 6.74. The molecule has 1 saturated carbocycles. The van der Waals surface area contributed by atoms with E-state index in [9.17, 15) is 5.11 Å². The number of hydrogen-bond acceptors (Lipinski definition) is 4. The molecule has 1 heterocycles. The number of fused-ring (bicyclic) bond motifs is 1. The number of nitrogens with one attached hydrogen (secondary N) is 1. The Labute approximate surface area is 126 Å². The lowest BCUT2D eigenvalue weighted by molar-refractivity contribution is 0.198. The first-order valence-corrected chi connectivity index (χ1v) is 7.99. The van der Waals surface area contributed by atoms with Gasteiger partial charge in [-0.05, 0) is 49.8 Å². The first kappa shape index (κ1) is 14.7. The van der Waals surface area contributed by atoms with Crippen molar-refractivity contribution in [1.82, 2.24) is 5.32 Å². The van der Waals surface area contributed by atoms with Crippen molar-refractivity contribution in [2.75, 3.05) is 20.3 Å². The fraction of sp³-hybridized carbons (Fsp3) is 0.647. The molecule has 0 bridgehead atoms. The molecule has 2 N–H and O–H groups in total. The van der Waals surface area contributed by atoms with Gasteiger partial charge in [0.25, 0.3) is 0 Å². The summed E-state index contributed by atoms with van der Waals surface area (Å²) in [5, 5.41) is 13.3. The zero-order valence-electron chi connectivity index (χ0n) is 12.7. The van der Waals surface area contributed by atoms with Gasteiger partial charge >= 0.3 is 0 Å². The van der Waals surface area contributed by atoms with Crippen LogP contribution in [0.3, 0.4) is 0 Å². The summed E-state index contributed by atoms with van der Waals surface area (Å²) in [4.78, 5) is 0. The monoisotopic (exact) mass is 291 g/mol. The normalized spacial score (nSPS) is 28.6. The third kappa shape index (κ3) is 3.16. The number of hydrogen-bond donors (Lipinski definition) is 2. The SMILES string of the molecule is COc1ccc2c(c1)[C@H](N[C@@H]1CCC[C@@H]1CO)CCCO2. The molecule has 1 fully saturated rings.